The summed E-state index contributed by atoms with van der Waals surface area (Å²) >= 11 is 0. The Morgan fingerprint density at radius 1 is 1.50 bits per heavy atom. The van der Waals surface area contributed by atoms with Gasteiger partial charge in [0, 0.05) is 12.6 Å². The predicted octanol–water partition coefficient (Wildman–Crippen LogP) is 0.296. The molecule has 0 aromatic rings. The van der Waals surface area contributed by atoms with Crippen LogP contribution < -0.4 is 5.73 Å². The standard InChI is InChI=1S/C7H10N2O3/c8-6(10)12-7(11)9-2-1-4-3-5(4)9/h4-5H,1-3H2,(H2,8,10). The van der Waals surface area contributed by atoms with Crippen LogP contribution in [-0.4, -0.2) is 29.7 Å². The van der Waals surface area contributed by atoms with Crippen LogP contribution >= 0.6 is 0 Å². The largest absolute Gasteiger partial charge is 0.419 e. The van der Waals surface area contributed by atoms with Gasteiger partial charge in [0.15, 0.2) is 0 Å². The molecule has 5 heteroatoms. The molecule has 0 aromatic carbocycles. The Bertz CT molecular complexity index is 241. The second-order valence-electron chi connectivity index (χ2n) is 3.23. The summed E-state index contributed by atoms with van der Waals surface area (Å²) in [7, 11) is 0. The van der Waals surface area contributed by atoms with Gasteiger partial charge in [0.25, 0.3) is 0 Å². The maximum atomic E-state index is 11.1. The number of hydrogen-bond donors (Lipinski definition) is 1. The molecular weight excluding hydrogens is 160 g/mol. The van der Waals surface area contributed by atoms with Gasteiger partial charge >= 0.3 is 12.2 Å². The number of rotatable bonds is 0. The number of fused-ring (bicyclic) bond motifs is 1. The zero-order valence-electron chi connectivity index (χ0n) is 6.53. The summed E-state index contributed by atoms with van der Waals surface area (Å²) in [5.41, 5.74) is 4.71. The SMILES string of the molecule is NC(=O)OC(=O)N1CCC2CC21. The van der Waals surface area contributed by atoms with Crippen molar-refractivity contribution >= 4 is 12.2 Å². The van der Waals surface area contributed by atoms with Crippen LogP contribution in [0.4, 0.5) is 9.59 Å². The maximum Gasteiger partial charge on any atom is 0.419 e. The number of carbonyl (C=O) groups excluding carboxylic acids is 2. The lowest BCUT2D eigenvalue weighted by Gasteiger charge is -2.15. The molecule has 2 rings (SSSR count). The van der Waals surface area contributed by atoms with Gasteiger partial charge < -0.3 is 15.4 Å². The van der Waals surface area contributed by atoms with Crippen LogP contribution in [0.25, 0.3) is 0 Å². The Labute approximate surface area is 69.5 Å². The monoisotopic (exact) mass is 170 g/mol. The van der Waals surface area contributed by atoms with Crippen molar-refractivity contribution in [3.63, 3.8) is 0 Å². The first-order valence-corrected chi connectivity index (χ1v) is 3.96. The van der Waals surface area contributed by atoms with Crippen LogP contribution in [0, 0.1) is 5.92 Å². The molecule has 1 saturated carbocycles. The zero-order valence-corrected chi connectivity index (χ0v) is 6.53. The van der Waals surface area contributed by atoms with E-state index in [-0.39, 0.29) is 0 Å². The highest BCUT2D eigenvalue weighted by Crippen LogP contribution is 2.44. The number of primary amides is 1. The highest BCUT2D eigenvalue weighted by atomic mass is 16.6. The number of carbonyl (C=O) groups is 2. The minimum atomic E-state index is -1.02. The molecule has 0 spiro atoms. The van der Waals surface area contributed by atoms with Gasteiger partial charge in [0.2, 0.25) is 0 Å². The van der Waals surface area contributed by atoms with Crippen LogP contribution in [0.3, 0.4) is 0 Å². The summed E-state index contributed by atoms with van der Waals surface area (Å²) in [6, 6.07) is 0.317. The van der Waals surface area contributed by atoms with Gasteiger partial charge in [0.1, 0.15) is 0 Å². The Balaban J connectivity index is 1.91. The molecule has 5 nitrogen and oxygen atoms in total. The summed E-state index contributed by atoms with van der Waals surface area (Å²) in [5.74, 6) is 0.644. The van der Waals surface area contributed by atoms with Crippen molar-refractivity contribution in [2.75, 3.05) is 6.54 Å². The van der Waals surface area contributed by atoms with E-state index in [9.17, 15) is 9.59 Å². The number of ether oxygens (including phenoxy) is 1. The van der Waals surface area contributed by atoms with Crippen molar-refractivity contribution in [3.8, 4) is 0 Å². The molecule has 0 radical (unpaired) electrons. The number of hydrogen-bond acceptors (Lipinski definition) is 3. The molecule has 1 saturated heterocycles. The minimum Gasteiger partial charge on any atom is -0.359 e. The third-order valence-corrected chi connectivity index (χ3v) is 2.45. The fourth-order valence-corrected chi connectivity index (χ4v) is 1.77. The van der Waals surface area contributed by atoms with Crippen molar-refractivity contribution in [1.29, 1.82) is 0 Å². The fraction of sp³-hybridized carbons (Fsp3) is 0.714. The highest BCUT2D eigenvalue weighted by molar-refractivity contribution is 5.83. The van der Waals surface area contributed by atoms with Crippen molar-refractivity contribution in [2.45, 2.75) is 18.9 Å². The summed E-state index contributed by atoms with van der Waals surface area (Å²) in [5, 5.41) is 0. The molecule has 2 unspecified atom stereocenters. The molecule has 0 bridgehead atoms. The molecule has 2 amide bonds. The summed E-state index contributed by atoms with van der Waals surface area (Å²) < 4.78 is 4.26. The highest BCUT2D eigenvalue weighted by Gasteiger charge is 2.49. The number of nitrogens with two attached hydrogens (primary N) is 1. The smallest absolute Gasteiger partial charge is 0.359 e. The van der Waals surface area contributed by atoms with Crippen molar-refractivity contribution in [1.82, 2.24) is 4.90 Å². The van der Waals surface area contributed by atoms with E-state index in [0.29, 0.717) is 18.5 Å². The normalized spacial score (nSPS) is 31.2. The third-order valence-electron chi connectivity index (χ3n) is 2.45. The van der Waals surface area contributed by atoms with Gasteiger partial charge in [-0.05, 0) is 18.8 Å². The molecule has 2 fully saturated rings. The second kappa shape index (κ2) is 2.36. The quantitative estimate of drug-likeness (QED) is 0.531. The maximum absolute atomic E-state index is 11.1. The molecule has 1 heterocycles. The number of likely N-dealkylation sites (tertiary alicyclic amines) is 1. The topological polar surface area (TPSA) is 72.6 Å². The Hall–Kier alpha value is -1.26. The van der Waals surface area contributed by atoms with Crippen molar-refractivity contribution < 1.29 is 14.3 Å². The van der Waals surface area contributed by atoms with Gasteiger partial charge in [-0.1, -0.05) is 0 Å². The molecule has 2 aliphatic rings. The Kier molecular flexibility index (Phi) is 1.46. The average molecular weight is 170 g/mol. The van der Waals surface area contributed by atoms with Crippen LogP contribution in [0.5, 0.6) is 0 Å². The Morgan fingerprint density at radius 2 is 2.25 bits per heavy atom. The van der Waals surface area contributed by atoms with Gasteiger partial charge in [-0.15, -0.1) is 0 Å². The minimum absolute atomic E-state index is 0.317. The Morgan fingerprint density at radius 3 is 2.67 bits per heavy atom. The van der Waals surface area contributed by atoms with E-state index in [1.165, 1.54) is 0 Å². The predicted molar refractivity (Wildman–Crippen MR) is 39.3 cm³/mol. The van der Waals surface area contributed by atoms with E-state index in [0.717, 1.165) is 12.8 Å². The van der Waals surface area contributed by atoms with Gasteiger partial charge in [-0.2, -0.15) is 0 Å². The van der Waals surface area contributed by atoms with E-state index in [2.05, 4.69) is 4.74 Å². The lowest BCUT2D eigenvalue weighted by Crippen LogP contribution is -2.34. The van der Waals surface area contributed by atoms with E-state index in [1.54, 1.807) is 4.90 Å². The number of nitrogens with zero attached hydrogens (tertiary/aromatic N) is 1. The molecule has 66 valence electrons. The molecule has 2 atom stereocenters. The van der Waals surface area contributed by atoms with E-state index < -0.39 is 12.2 Å². The second-order valence-corrected chi connectivity index (χ2v) is 3.23. The fourth-order valence-electron chi connectivity index (χ4n) is 1.77. The van der Waals surface area contributed by atoms with E-state index >= 15 is 0 Å². The lowest BCUT2D eigenvalue weighted by molar-refractivity contribution is 0.125. The van der Waals surface area contributed by atoms with Crippen LogP contribution in [0.2, 0.25) is 0 Å². The number of amides is 2. The lowest BCUT2D eigenvalue weighted by atomic mass is 10.3. The van der Waals surface area contributed by atoms with Crippen LogP contribution in [0.1, 0.15) is 12.8 Å². The van der Waals surface area contributed by atoms with Gasteiger partial charge in [0.05, 0.1) is 0 Å². The van der Waals surface area contributed by atoms with Crippen LogP contribution in [-0.2, 0) is 4.74 Å². The van der Waals surface area contributed by atoms with Gasteiger partial charge in [-0.25, -0.2) is 9.59 Å². The summed E-state index contributed by atoms with van der Waals surface area (Å²) in [4.78, 5) is 22.9. The molecule has 1 aliphatic carbocycles. The van der Waals surface area contributed by atoms with E-state index in [1.807, 2.05) is 0 Å². The van der Waals surface area contributed by atoms with Crippen molar-refractivity contribution in [2.24, 2.45) is 11.7 Å². The van der Waals surface area contributed by atoms with Crippen molar-refractivity contribution in [3.05, 3.63) is 0 Å². The summed E-state index contributed by atoms with van der Waals surface area (Å²) in [6.45, 7) is 0.696. The first-order chi connectivity index (χ1) is 5.68. The van der Waals surface area contributed by atoms with Crippen LogP contribution in [0.15, 0.2) is 0 Å². The molecule has 1 aliphatic heterocycles. The van der Waals surface area contributed by atoms with Gasteiger partial charge in [-0.3, -0.25) is 0 Å². The first-order valence-electron chi connectivity index (χ1n) is 3.96. The first kappa shape index (κ1) is 7.39. The third kappa shape index (κ3) is 1.11. The molecular formula is C7H10N2O3. The molecule has 0 aromatic heterocycles. The molecule has 12 heavy (non-hydrogen) atoms. The average Bonchev–Trinajstić information content (AvgIpc) is 2.61. The number of piperidine rings is 1. The zero-order chi connectivity index (χ0) is 8.72. The molecule has 2 N–H and O–H groups in total. The van der Waals surface area contributed by atoms with E-state index in [4.69, 9.17) is 5.73 Å². The summed E-state index contributed by atoms with van der Waals surface area (Å²) in [6.07, 6.45) is 0.462.